The van der Waals surface area contributed by atoms with Gasteiger partial charge < -0.3 is 4.90 Å². The zero-order valence-electron chi connectivity index (χ0n) is 10.9. The van der Waals surface area contributed by atoms with Gasteiger partial charge >= 0.3 is 0 Å². The summed E-state index contributed by atoms with van der Waals surface area (Å²) < 4.78 is 23.1. The van der Waals surface area contributed by atoms with E-state index in [-0.39, 0.29) is 24.0 Å². The third-order valence-electron chi connectivity index (χ3n) is 3.48. The summed E-state index contributed by atoms with van der Waals surface area (Å²) in [7, 11) is -3.57. The van der Waals surface area contributed by atoms with E-state index in [2.05, 4.69) is 26.1 Å². The number of amides is 1. The van der Waals surface area contributed by atoms with Crippen LogP contribution >= 0.6 is 15.9 Å². The Morgan fingerprint density at radius 2 is 2.24 bits per heavy atom. The van der Waals surface area contributed by atoms with Crippen LogP contribution < -0.4 is 10.0 Å². The second-order valence-corrected chi connectivity index (χ2v) is 7.60. The Labute approximate surface area is 129 Å². The van der Waals surface area contributed by atoms with Gasteiger partial charge in [0, 0.05) is 30.0 Å². The van der Waals surface area contributed by atoms with Gasteiger partial charge in [-0.15, -0.1) is 0 Å². The summed E-state index contributed by atoms with van der Waals surface area (Å²) in [5, 5.41) is 12.9. The van der Waals surface area contributed by atoms with Gasteiger partial charge in [0.05, 0.1) is 11.3 Å². The van der Waals surface area contributed by atoms with Crippen molar-refractivity contribution in [2.24, 2.45) is 11.1 Å². The van der Waals surface area contributed by atoms with E-state index in [0.29, 0.717) is 12.2 Å². The molecule has 1 aliphatic heterocycles. The number of anilines is 1. The zero-order valence-corrected chi connectivity index (χ0v) is 13.3. The summed E-state index contributed by atoms with van der Waals surface area (Å²) in [6.07, 6.45) is 0.193. The molecule has 3 rings (SSSR count). The van der Waals surface area contributed by atoms with E-state index in [1.54, 1.807) is 11.0 Å². The molecule has 0 radical (unpaired) electrons. The quantitative estimate of drug-likeness (QED) is 0.835. The van der Waals surface area contributed by atoms with Gasteiger partial charge in [0.25, 0.3) is 0 Å². The Morgan fingerprint density at radius 3 is 2.95 bits per heavy atom. The van der Waals surface area contributed by atoms with Crippen LogP contribution in [-0.4, -0.2) is 36.8 Å². The molecule has 0 saturated carbocycles. The van der Waals surface area contributed by atoms with Crippen molar-refractivity contribution in [1.82, 2.24) is 10.2 Å². The third kappa shape index (κ3) is 2.94. The summed E-state index contributed by atoms with van der Waals surface area (Å²) in [6, 6.07) is 5.48. The fourth-order valence-electron chi connectivity index (χ4n) is 2.61. The first-order valence-electron chi connectivity index (χ1n) is 6.28. The van der Waals surface area contributed by atoms with Crippen molar-refractivity contribution < 1.29 is 13.2 Å². The fourth-order valence-corrected chi connectivity index (χ4v) is 3.91. The van der Waals surface area contributed by atoms with Crippen LogP contribution in [0.15, 0.2) is 22.8 Å². The normalized spacial score (nSPS) is 19.6. The number of nitrogens with two attached hydrogens (primary N) is 1. The predicted octanol–water partition coefficient (Wildman–Crippen LogP) is 0.967. The van der Waals surface area contributed by atoms with Gasteiger partial charge in [-0.05, 0) is 34.1 Å². The average Bonchev–Trinajstić information content (AvgIpc) is 2.91. The Kier molecular flexibility index (Phi) is 3.50. The molecule has 1 aliphatic rings. The highest BCUT2D eigenvalue weighted by molar-refractivity contribution is 9.10. The fraction of sp³-hybridized carbons (Fsp3) is 0.333. The van der Waals surface area contributed by atoms with Gasteiger partial charge in [-0.25, -0.2) is 13.6 Å². The number of hydrogen-bond acceptors (Lipinski definition) is 4. The van der Waals surface area contributed by atoms with Crippen LogP contribution in [0.5, 0.6) is 0 Å². The van der Waals surface area contributed by atoms with E-state index in [1.807, 2.05) is 12.1 Å². The SMILES string of the molecule is NS(=O)(=O)CC1CC(=O)N(c2ccc3c(Br)[nH]nc3c2)C1. The van der Waals surface area contributed by atoms with Crippen LogP contribution in [0.4, 0.5) is 5.69 Å². The maximum absolute atomic E-state index is 12.1. The molecule has 7 nitrogen and oxygen atoms in total. The van der Waals surface area contributed by atoms with E-state index in [1.165, 1.54) is 0 Å². The lowest BCUT2D eigenvalue weighted by atomic mass is 10.1. The van der Waals surface area contributed by atoms with Crippen LogP contribution in [0.1, 0.15) is 6.42 Å². The highest BCUT2D eigenvalue weighted by atomic mass is 79.9. The molecular weight excluding hydrogens is 360 g/mol. The second kappa shape index (κ2) is 5.08. The number of aromatic nitrogens is 2. The molecule has 1 atom stereocenters. The van der Waals surface area contributed by atoms with Gasteiger partial charge in [-0.1, -0.05) is 0 Å². The minimum atomic E-state index is -3.57. The van der Waals surface area contributed by atoms with Gasteiger partial charge in [-0.2, -0.15) is 5.10 Å². The number of sulfonamides is 1. The number of rotatable bonds is 3. The predicted molar refractivity (Wildman–Crippen MR) is 82.2 cm³/mol. The van der Waals surface area contributed by atoms with Crippen molar-refractivity contribution in [3.63, 3.8) is 0 Å². The summed E-state index contributed by atoms with van der Waals surface area (Å²) in [4.78, 5) is 13.6. The van der Waals surface area contributed by atoms with Crippen LogP contribution in [0, 0.1) is 5.92 Å². The molecule has 0 aliphatic carbocycles. The lowest BCUT2D eigenvalue weighted by Crippen LogP contribution is -2.27. The van der Waals surface area contributed by atoms with E-state index in [4.69, 9.17) is 5.14 Å². The zero-order chi connectivity index (χ0) is 15.2. The van der Waals surface area contributed by atoms with E-state index in [0.717, 1.165) is 15.5 Å². The molecule has 1 saturated heterocycles. The Hall–Kier alpha value is -1.45. The number of primary sulfonamides is 1. The minimum absolute atomic E-state index is 0.0994. The third-order valence-corrected chi connectivity index (χ3v) is 5.02. The first-order valence-corrected chi connectivity index (χ1v) is 8.79. The molecule has 0 bridgehead atoms. The summed E-state index contributed by atoms with van der Waals surface area (Å²) in [6.45, 7) is 0.354. The Bertz CT molecular complexity index is 817. The number of halogens is 1. The summed E-state index contributed by atoms with van der Waals surface area (Å²) in [5.41, 5.74) is 1.45. The van der Waals surface area contributed by atoms with Crippen LogP contribution in [0.2, 0.25) is 0 Å². The van der Waals surface area contributed by atoms with Crippen molar-refractivity contribution in [3.8, 4) is 0 Å². The minimum Gasteiger partial charge on any atom is -0.312 e. The Balaban J connectivity index is 1.87. The van der Waals surface area contributed by atoms with Gasteiger partial charge in [0.15, 0.2) is 0 Å². The molecule has 2 aromatic rings. The van der Waals surface area contributed by atoms with Crippen molar-refractivity contribution in [1.29, 1.82) is 0 Å². The molecule has 1 aromatic heterocycles. The number of aromatic amines is 1. The van der Waals surface area contributed by atoms with Gasteiger partial charge in [-0.3, -0.25) is 9.89 Å². The molecule has 0 spiro atoms. The molecule has 21 heavy (non-hydrogen) atoms. The molecular formula is C12H13BrN4O3S. The second-order valence-electron chi connectivity index (χ2n) is 5.14. The van der Waals surface area contributed by atoms with Crippen molar-refractivity contribution in [3.05, 3.63) is 22.8 Å². The lowest BCUT2D eigenvalue weighted by molar-refractivity contribution is -0.117. The average molecular weight is 373 g/mol. The molecule has 9 heteroatoms. The lowest BCUT2D eigenvalue weighted by Gasteiger charge is -2.16. The number of nitrogens with zero attached hydrogens (tertiary/aromatic N) is 2. The van der Waals surface area contributed by atoms with Gasteiger partial charge in [0.2, 0.25) is 15.9 Å². The monoisotopic (exact) mass is 372 g/mol. The molecule has 2 heterocycles. The summed E-state index contributed by atoms with van der Waals surface area (Å²) in [5.74, 6) is -0.544. The highest BCUT2D eigenvalue weighted by Crippen LogP contribution is 2.30. The topological polar surface area (TPSA) is 109 Å². The summed E-state index contributed by atoms with van der Waals surface area (Å²) >= 11 is 3.35. The molecule has 1 aromatic carbocycles. The smallest absolute Gasteiger partial charge is 0.227 e. The van der Waals surface area contributed by atoms with Crippen molar-refractivity contribution in [2.75, 3.05) is 17.2 Å². The number of carbonyl (C=O) groups is 1. The standard InChI is InChI=1S/C12H13BrN4O3S/c13-12-9-2-1-8(4-10(9)15-16-12)17-5-7(3-11(17)18)6-21(14,19)20/h1-2,4,7H,3,5-6H2,(H,15,16)(H2,14,19,20). The number of nitrogens with one attached hydrogen (secondary N) is 1. The first-order chi connectivity index (χ1) is 9.83. The van der Waals surface area contributed by atoms with Crippen molar-refractivity contribution >= 4 is 48.5 Å². The van der Waals surface area contributed by atoms with E-state index >= 15 is 0 Å². The number of H-pyrrole nitrogens is 1. The first kappa shape index (κ1) is 14.5. The maximum atomic E-state index is 12.1. The van der Waals surface area contributed by atoms with Crippen LogP contribution in [0.25, 0.3) is 10.9 Å². The van der Waals surface area contributed by atoms with Crippen LogP contribution in [0.3, 0.4) is 0 Å². The van der Waals surface area contributed by atoms with Gasteiger partial charge in [0.1, 0.15) is 4.60 Å². The molecule has 1 amide bonds. The van der Waals surface area contributed by atoms with E-state index in [9.17, 15) is 13.2 Å². The maximum Gasteiger partial charge on any atom is 0.227 e. The molecule has 112 valence electrons. The molecule has 1 fully saturated rings. The number of carbonyl (C=O) groups excluding carboxylic acids is 1. The van der Waals surface area contributed by atoms with Crippen LogP contribution in [-0.2, 0) is 14.8 Å². The molecule has 1 unspecified atom stereocenters. The Morgan fingerprint density at radius 1 is 1.48 bits per heavy atom. The van der Waals surface area contributed by atoms with E-state index < -0.39 is 10.0 Å². The van der Waals surface area contributed by atoms with Crippen molar-refractivity contribution in [2.45, 2.75) is 6.42 Å². The number of fused-ring (bicyclic) bond motifs is 1. The molecule has 3 N–H and O–H groups in total. The number of hydrogen-bond donors (Lipinski definition) is 2. The number of benzene rings is 1. The highest BCUT2D eigenvalue weighted by Gasteiger charge is 2.32. The largest absolute Gasteiger partial charge is 0.312 e.